The summed E-state index contributed by atoms with van der Waals surface area (Å²) in [6, 6.07) is 9.67. The van der Waals surface area contributed by atoms with Gasteiger partial charge in [0.15, 0.2) is 0 Å². The van der Waals surface area contributed by atoms with Gasteiger partial charge >= 0.3 is 6.09 Å². The van der Waals surface area contributed by atoms with Crippen LogP contribution in [0.3, 0.4) is 0 Å². The lowest BCUT2D eigenvalue weighted by atomic mass is 10.1. The molecule has 0 aliphatic carbocycles. The minimum Gasteiger partial charge on any atom is -0.444 e. The lowest BCUT2D eigenvalue weighted by Gasteiger charge is -2.21. The number of amides is 2. The Hall–Kier alpha value is -1.53. The number of carbonyl (C=O) groups is 2. The normalized spacial score (nSPS) is 12.5. The molecule has 0 heterocycles. The van der Waals surface area contributed by atoms with Crippen LogP contribution in [0.2, 0.25) is 0 Å². The van der Waals surface area contributed by atoms with Crippen molar-refractivity contribution in [1.29, 1.82) is 0 Å². The number of imide groups is 1. The molecule has 0 spiro atoms. The van der Waals surface area contributed by atoms with Crippen LogP contribution in [0.1, 0.15) is 32.8 Å². The summed E-state index contributed by atoms with van der Waals surface area (Å²) in [6.07, 6.45) is 2.78. The number of benzene rings is 1. The van der Waals surface area contributed by atoms with Gasteiger partial charge in [-0.05, 0) is 57.7 Å². The molecule has 1 aromatic carbocycles. The van der Waals surface area contributed by atoms with Crippen LogP contribution in [0.15, 0.2) is 30.3 Å². The molecule has 0 saturated heterocycles. The Morgan fingerprint density at radius 1 is 1.21 bits per heavy atom. The summed E-state index contributed by atoms with van der Waals surface area (Å²) in [5.41, 5.74) is 0.584. The van der Waals surface area contributed by atoms with E-state index in [2.05, 4.69) is 22.8 Å². The van der Waals surface area contributed by atoms with Gasteiger partial charge in [-0.25, -0.2) is 4.79 Å². The van der Waals surface area contributed by atoms with Crippen molar-refractivity contribution >= 4 is 23.8 Å². The summed E-state index contributed by atoms with van der Waals surface area (Å²) in [4.78, 5) is 24.1. The number of nitrogens with one attached hydrogen (secondary N) is 2. The lowest BCUT2D eigenvalue weighted by Crippen LogP contribution is -2.48. The molecule has 0 aliphatic heterocycles. The molecule has 6 heteroatoms. The molecule has 2 amide bonds. The van der Waals surface area contributed by atoms with Gasteiger partial charge in [-0.3, -0.25) is 10.1 Å². The van der Waals surface area contributed by atoms with E-state index in [1.165, 1.54) is 5.56 Å². The molecule has 0 bridgehead atoms. The summed E-state index contributed by atoms with van der Waals surface area (Å²) in [5, 5.41) is 5.56. The van der Waals surface area contributed by atoms with Crippen molar-refractivity contribution in [3.63, 3.8) is 0 Å². The van der Waals surface area contributed by atoms with E-state index in [1.807, 2.05) is 24.5 Å². The molecule has 0 aromatic heterocycles. The first-order chi connectivity index (χ1) is 11.3. The molecule has 1 atom stereocenters. The van der Waals surface area contributed by atoms with Gasteiger partial charge in [-0.15, -0.1) is 0 Å². The van der Waals surface area contributed by atoms with E-state index >= 15 is 0 Å². The first-order valence-electron chi connectivity index (χ1n) is 8.12. The highest BCUT2D eigenvalue weighted by Gasteiger charge is 2.23. The molecule has 2 N–H and O–H groups in total. The smallest absolute Gasteiger partial charge is 0.414 e. The number of alkyl carbamates (subject to hydrolysis) is 1. The fourth-order valence-electron chi connectivity index (χ4n) is 2.09. The number of thioether (sulfide) groups is 1. The van der Waals surface area contributed by atoms with E-state index in [0.717, 1.165) is 12.2 Å². The maximum absolute atomic E-state index is 12.3. The third kappa shape index (κ3) is 8.93. The standard InChI is InChI=1S/C18H28N2O3S/c1-18(2,3)23-17(22)20-16(21)15(11-13-24-4)19-12-10-14-8-6-5-7-9-14/h5-9,15,19H,10-13H2,1-4H3,(H,20,21,22)/t15-/m0/s1. The van der Waals surface area contributed by atoms with Crippen LogP contribution < -0.4 is 10.6 Å². The molecule has 1 rings (SSSR count). The number of hydrogen-bond acceptors (Lipinski definition) is 5. The molecule has 0 saturated carbocycles. The SMILES string of the molecule is CSCC[C@H](NCCc1ccccc1)C(=O)NC(=O)OC(C)(C)C. The van der Waals surface area contributed by atoms with Gasteiger partial charge < -0.3 is 10.1 Å². The number of hydrogen-bond donors (Lipinski definition) is 2. The van der Waals surface area contributed by atoms with E-state index < -0.39 is 17.7 Å². The fourth-order valence-corrected chi connectivity index (χ4v) is 2.56. The summed E-state index contributed by atoms with van der Waals surface area (Å²) in [7, 11) is 0. The zero-order chi connectivity index (χ0) is 18.0. The molecule has 0 unspecified atom stereocenters. The van der Waals surface area contributed by atoms with Crippen LogP contribution in [0.4, 0.5) is 4.79 Å². The first-order valence-corrected chi connectivity index (χ1v) is 9.51. The van der Waals surface area contributed by atoms with Crippen molar-refractivity contribution in [2.75, 3.05) is 18.6 Å². The fraction of sp³-hybridized carbons (Fsp3) is 0.556. The van der Waals surface area contributed by atoms with Crippen LogP contribution in [-0.4, -0.2) is 42.2 Å². The van der Waals surface area contributed by atoms with Crippen LogP contribution in [0, 0.1) is 0 Å². The second-order valence-corrected chi connectivity index (χ2v) is 7.50. The van der Waals surface area contributed by atoms with Crippen molar-refractivity contribution in [2.45, 2.75) is 45.3 Å². The highest BCUT2D eigenvalue weighted by molar-refractivity contribution is 7.98. The minimum atomic E-state index is -0.702. The van der Waals surface area contributed by atoms with Gasteiger partial charge in [0, 0.05) is 0 Å². The topological polar surface area (TPSA) is 67.4 Å². The van der Waals surface area contributed by atoms with Crippen molar-refractivity contribution < 1.29 is 14.3 Å². The third-order valence-electron chi connectivity index (χ3n) is 3.20. The van der Waals surface area contributed by atoms with Gasteiger partial charge in [0.2, 0.25) is 5.91 Å². The largest absolute Gasteiger partial charge is 0.444 e. The average molecular weight is 353 g/mol. The van der Waals surface area contributed by atoms with Crippen molar-refractivity contribution in [3.8, 4) is 0 Å². The van der Waals surface area contributed by atoms with E-state index in [4.69, 9.17) is 4.74 Å². The average Bonchev–Trinajstić information content (AvgIpc) is 2.49. The number of rotatable bonds is 8. The molecular formula is C18H28N2O3S. The minimum absolute atomic E-state index is 0.341. The molecule has 0 radical (unpaired) electrons. The molecule has 0 aliphatic rings. The molecular weight excluding hydrogens is 324 g/mol. The Labute approximate surface area is 148 Å². The zero-order valence-electron chi connectivity index (χ0n) is 14.9. The lowest BCUT2D eigenvalue weighted by molar-refractivity contribution is -0.122. The quantitative estimate of drug-likeness (QED) is 0.753. The van der Waals surface area contributed by atoms with E-state index in [0.29, 0.717) is 13.0 Å². The van der Waals surface area contributed by atoms with Gasteiger partial charge in [0.05, 0.1) is 6.04 Å². The van der Waals surface area contributed by atoms with Crippen LogP contribution in [0.25, 0.3) is 0 Å². The maximum atomic E-state index is 12.3. The van der Waals surface area contributed by atoms with E-state index in [1.54, 1.807) is 32.5 Å². The molecule has 134 valence electrons. The monoisotopic (exact) mass is 352 g/mol. The third-order valence-corrected chi connectivity index (χ3v) is 3.84. The van der Waals surface area contributed by atoms with Gasteiger partial charge in [-0.1, -0.05) is 30.3 Å². The zero-order valence-corrected chi connectivity index (χ0v) is 15.7. The number of carbonyl (C=O) groups excluding carboxylic acids is 2. The molecule has 24 heavy (non-hydrogen) atoms. The Morgan fingerprint density at radius 2 is 1.88 bits per heavy atom. The second-order valence-electron chi connectivity index (χ2n) is 6.51. The van der Waals surface area contributed by atoms with Crippen LogP contribution >= 0.6 is 11.8 Å². The second kappa shape index (κ2) is 10.4. The highest BCUT2D eigenvalue weighted by Crippen LogP contribution is 2.07. The Balaban J connectivity index is 2.50. The highest BCUT2D eigenvalue weighted by atomic mass is 32.2. The van der Waals surface area contributed by atoms with Crippen LogP contribution in [0.5, 0.6) is 0 Å². The van der Waals surface area contributed by atoms with E-state index in [9.17, 15) is 9.59 Å². The Morgan fingerprint density at radius 3 is 2.46 bits per heavy atom. The van der Waals surface area contributed by atoms with Gasteiger partial charge in [0.1, 0.15) is 5.60 Å². The summed E-state index contributed by atoms with van der Waals surface area (Å²) in [6.45, 7) is 5.96. The predicted molar refractivity (Wildman–Crippen MR) is 99.3 cm³/mol. The Kier molecular flexibility index (Phi) is 8.85. The van der Waals surface area contributed by atoms with Gasteiger partial charge in [0.25, 0.3) is 0 Å². The molecule has 5 nitrogen and oxygen atoms in total. The summed E-state index contributed by atoms with van der Waals surface area (Å²) in [5.74, 6) is 0.497. The number of ether oxygens (including phenoxy) is 1. The maximum Gasteiger partial charge on any atom is 0.414 e. The van der Waals surface area contributed by atoms with E-state index in [-0.39, 0.29) is 5.91 Å². The first kappa shape index (κ1) is 20.5. The molecule has 1 aromatic rings. The van der Waals surface area contributed by atoms with Crippen LogP contribution in [-0.2, 0) is 16.0 Å². The molecule has 0 fully saturated rings. The van der Waals surface area contributed by atoms with Gasteiger partial charge in [-0.2, -0.15) is 11.8 Å². The van der Waals surface area contributed by atoms with Crippen molar-refractivity contribution in [3.05, 3.63) is 35.9 Å². The predicted octanol–water partition coefficient (Wildman–Crippen LogP) is 2.99. The summed E-state index contributed by atoms with van der Waals surface area (Å²) < 4.78 is 5.13. The summed E-state index contributed by atoms with van der Waals surface area (Å²) >= 11 is 1.67. The van der Waals surface area contributed by atoms with Crippen molar-refractivity contribution in [2.24, 2.45) is 0 Å². The Bertz CT molecular complexity index is 515. The van der Waals surface area contributed by atoms with Crippen molar-refractivity contribution in [1.82, 2.24) is 10.6 Å².